The molecule has 4 heterocycles. The van der Waals surface area contributed by atoms with E-state index < -0.39 is 0 Å². The Morgan fingerprint density at radius 1 is 1.22 bits per heavy atom. The SMILES string of the molecule is CC(C)n1ncc2c(C(=O)N3CCOC(c4ccc(Br)cc4)C3)cc(-c3ccco3)nc21. The third-order valence-corrected chi connectivity index (χ3v) is 6.18. The van der Waals surface area contributed by atoms with E-state index in [2.05, 4.69) is 21.0 Å². The second kappa shape index (κ2) is 8.52. The number of furan rings is 1. The van der Waals surface area contributed by atoms with Crippen molar-refractivity contribution in [3.63, 3.8) is 0 Å². The van der Waals surface area contributed by atoms with E-state index in [0.717, 1.165) is 15.4 Å². The summed E-state index contributed by atoms with van der Waals surface area (Å²) in [4.78, 5) is 20.3. The number of hydrogen-bond acceptors (Lipinski definition) is 5. The third-order valence-electron chi connectivity index (χ3n) is 5.66. The number of carbonyl (C=O) groups excluding carboxylic acids is 1. The molecule has 1 aliphatic heterocycles. The van der Waals surface area contributed by atoms with Crippen LogP contribution in [0.3, 0.4) is 0 Å². The minimum atomic E-state index is -0.166. The normalized spacial score (nSPS) is 16.8. The Hall–Kier alpha value is -2.97. The van der Waals surface area contributed by atoms with Crippen LogP contribution < -0.4 is 0 Å². The van der Waals surface area contributed by atoms with Crippen molar-refractivity contribution in [3.8, 4) is 11.5 Å². The third kappa shape index (κ3) is 3.84. The molecule has 0 radical (unpaired) electrons. The quantitative estimate of drug-likeness (QED) is 0.387. The van der Waals surface area contributed by atoms with Gasteiger partial charge in [-0.1, -0.05) is 28.1 Å². The highest BCUT2D eigenvalue weighted by atomic mass is 79.9. The molecular formula is C24H23BrN4O3. The number of halogens is 1. The molecule has 1 aliphatic rings. The number of nitrogens with zero attached hydrogens (tertiary/aromatic N) is 4. The van der Waals surface area contributed by atoms with Crippen LogP contribution >= 0.6 is 15.9 Å². The summed E-state index contributed by atoms with van der Waals surface area (Å²) >= 11 is 3.47. The van der Waals surface area contributed by atoms with Crippen molar-refractivity contribution < 1.29 is 13.9 Å². The van der Waals surface area contributed by atoms with Crippen LogP contribution in [-0.2, 0) is 4.74 Å². The highest BCUT2D eigenvalue weighted by Crippen LogP contribution is 2.30. The monoisotopic (exact) mass is 494 g/mol. The van der Waals surface area contributed by atoms with Gasteiger partial charge in [-0.3, -0.25) is 4.79 Å². The van der Waals surface area contributed by atoms with Gasteiger partial charge >= 0.3 is 0 Å². The zero-order chi connectivity index (χ0) is 22.2. The van der Waals surface area contributed by atoms with E-state index in [9.17, 15) is 4.79 Å². The number of morpholine rings is 1. The molecule has 8 heteroatoms. The Labute approximate surface area is 194 Å². The van der Waals surface area contributed by atoms with Crippen LogP contribution in [0.4, 0.5) is 0 Å². The molecule has 0 aliphatic carbocycles. The van der Waals surface area contributed by atoms with E-state index in [1.807, 2.05) is 59.8 Å². The van der Waals surface area contributed by atoms with E-state index in [1.165, 1.54) is 0 Å². The molecule has 1 aromatic carbocycles. The van der Waals surface area contributed by atoms with Gasteiger partial charge in [0.15, 0.2) is 11.4 Å². The summed E-state index contributed by atoms with van der Waals surface area (Å²) in [7, 11) is 0. The van der Waals surface area contributed by atoms with Crippen LogP contribution in [0.2, 0.25) is 0 Å². The number of ether oxygens (including phenoxy) is 1. The lowest BCUT2D eigenvalue weighted by Crippen LogP contribution is -2.42. The molecule has 4 aromatic rings. The Kier molecular flexibility index (Phi) is 5.57. The van der Waals surface area contributed by atoms with Crippen LogP contribution in [0.1, 0.15) is 41.9 Å². The van der Waals surface area contributed by atoms with Crippen molar-refractivity contribution in [1.82, 2.24) is 19.7 Å². The predicted octanol–water partition coefficient (Wildman–Crippen LogP) is 5.25. The summed E-state index contributed by atoms with van der Waals surface area (Å²) < 4.78 is 14.4. The zero-order valence-electron chi connectivity index (χ0n) is 17.9. The van der Waals surface area contributed by atoms with E-state index in [0.29, 0.717) is 42.4 Å². The molecule has 1 atom stereocenters. The lowest BCUT2D eigenvalue weighted by Gasteiger charge is -2.33. The number of amides is 1. The molecule has 1 amide bonds. The molecule has 0 bridgehead atoms. The summed E-state index contributed by atoms with van der Waals surface area (Å²) in [5.74, 6) is 0.561. The second-order valence-corrected chi connectivity index (χ2v) is 9.03. The summed E-state index contributed by atoms with van der Waals surface area (Å²) in [6, 6.07) is 13.6. The molecule has 3 aromatic heterocycles. The van der Waals surface area contributed by atoms with E-state index in [4.69, 9.17) is 14.1 Å². The topological polar surface area (TPSA) is 73.4 Å². The first-order valence-electron chi connectivity index (χ1n) is 10.6. The average Bonchev–Trinajstić information content (AvgIpc) is 3.49. The zero-order valence-corrected chi connectivity index (χ0v) is 19.4. The summed E-state index contributed by atoms with van der Waals surface area (Å²) in [6.07, 6.45) is 3.17. The summed E-state index contributed by atoms with van der Waals surface area (Å²) in [5.41, 5.74) is 2.92. The fourth-order valence-corrected chi connectivity index (χ4v) is 4.27. The van der Waals surface area contributed by atoms with Crippen LogP contribution in [0.25, 0.3) is 22.5 Å². The van der Waals surface area contributed by atoms with Gasteiger partial charge in [-0.15, -0.1) is 0 Å². The Morgan fingerprint density at radius 3 is 2.75 bits per heavy atom. The van der Waals surface area contributed by atoms with Gasteiger partial charge in [0.05, 0.1) is 36.6 Å². The largest absolute Gasteiger partial charge is 0.463 e. The molecule has 0 spiro atoms. The molecule has 164 valence electrons. The van der Waals surface area contributed by atoms with Gasteiger partial charge in [-0.05, 0) is 49.7 Å². The molecule has 1 fully saturated rings. The van der Waals surface area contributed by atoms with Gasteiger partial charge in [-0.2, -0.15) is 5.10 Å². The lowest BCUT2D eigenvalue weighted by atomic mass is 10.1. The molecule has 1 unspecified atom stereocenters. The first kappa shape index (κ1) is 20.9. The fourth-order valence-electron chi connectivity index (χ4n) is 4.01. The number of benzene rings is 1. The van der Waals surface area contributed by atoms with E-state index >= 15 is 0 Å². The average molecular weight is 495 g/mol. The van der Waals surface area contributed by atoms with Crippen molar-refractivity contribution in [2.24, 2.45) is 0 Å². The molecule has 0 N–H and O–H groups in total. The summed E-state index contributed by atoms with van der Waals surface area (Å²) in [6.45, 7) is 5.58. The van der Waals surface area contributed by atoms with Crippen LogP contribution in [-0.4, -0.2) is 45.3 Å². The van der Waals surface area contributed by atoms with Gasteiger partial charge in [0.1, 0.15) is 11.8 Å². The van der Waals surface area contributed by atoms with Crippen molar-refractivity contribution in [3.05, 3.63) is 70.5 Å². The van der Waals surface area contributed by atoms with Crippen LogP contribution in [0.15, 0.2) is 63.8 Å². The smallest absolute Gasteiger partial charge is 0.254 e. The minimum Gasteiger partial charge on any atom is -0.463 e. The van der Waals surface area contributed by atoms with E-state index in [1.54, 1.807) is 18.5 Å². The summed E-state index contributed by atoms with van der Waals surface area (Å²) in [5, 5.41) is 5.24. The minimum absolute atomic E-state index is 0.0566. The molecule has 32 heavy (non-hydrogen) atoms. The van der Waals surface area contributed by atoms with Gasteiger partial charge in [0.25, 0.3) is 5.91 Å². The second-order valence-electron chi connectivity index (χ2n) is 8.11. The molecule has 5 rings (SSSR count). The fraction of sp³-hybridized carbons (Fsp3) is 0.292. The highest BCUT2D eigenvalue weighted by Gasteiger charge is 2.28. The van der Waals surface area contributed by atoms with Crippen molar-refractivity contribution in [1.29, 1.82) is 0 Å². The maximum Gasteiger partial charge on any atom is 0.254 e. The standard InChI is InChI=1S/C24H23BrN4O3/c1-15(2)29-23-19(13-26-29)18(12-20(27-23)21-4-3-10-31-21)24(30)28-9-11-32-22(14-28)16-5-7-17(25)8-6-16/h3-8,10,12-13,15,22H,9,11,14H2,1-2H3. The molecule has 0 saturated carbocycles. The highest BCUT2D eigenvalue weighted by molar-refractivity contribution is 9.10. The number of rotatable bonds is 4. The Balaban J connectivity index is 1.53. The van der Waals surface area contributed by atoms with Crippen LogP contribution in [0, 0.1) is 0 Å². The van der Waals surface area contributed by atoms with Gasteiger partial charge < -0.3 is 14.1 Å². The van der Waals surface area contributed by atoms with Gasteiger partial charge in [-0.25, -0.2) is 9.67 Å². The predicted molar refractivity (Wildman–Crippen MR) is 124 cm³/mol. The van der Waals surface area contributed by atoms with Crippen molar-refractivity contribution in [2.75, 3.05) is 19.7 Å². The molecular weight excluding hydrogens is 472 g/mol. The number of carbonyl (C=O) groups is 1. The molecule has 7 nitrogen and oxygen atoms in total. The van der Waals surface area contributed by atoms with Gasteiger partial charge in [0, 0.05) is 17.1 Å². The van der Waals surface area contributed by atoms with Crippen molar-refractivity contribution in [2.45, 2.75) is 26.0 Å². The maximum atomic E-state index is 13.7. The number of fused-ring (bicyclic) bond motifs is 1. The lowest BCUT2D eigenvalue weighted by molar-refractivity contribution is -0.0227. The Bertz CT molecular complexity index is 1250. The maximum absolute atomic E-state index is 13.7. The number of hydrogen-bond donors (Lipinski definition) is 0. The van der Waals surface area contributed by atoms with Gasteiger partial charge in [0.2, 0.25) is 0 Å². The number of pyridine rings is 1. The number of aromatic nitrogens is 3. The first-order valence-corrected chi connectivity index (χ1v) is 11.4. The van der Waals surface area contributed by atoms with Crippen LogP contribution in [0.5, 0.6) is 0 Å². The first-order chi connectivity index (χ1) is 15.5. The van der Waals surface area contributed by atoms with Crippen molar-refractivity contribution >= 4 is 32.9 Å². The Morgan fingerprint density at radius 2 is 2.03 bits per heavy atom. The van der Waals surface area contributed by atoms with E-state index in [-0.39, 0.29) is 18.1 Å². The molecule has 1 saturated heterocycles.